The van der Waals surface area contributed by atoms with Crippen LogP contribution < -0.4 is 5.32 Å². The number of aryl methyl sites for hydroxylation is 1. The lowest BCUT2D eigenvalue weighted by molar-refractivity contribution is 0.226. The Morgan fingerprint density at radius 1 is 1.50 bits per heavy atom. The molecular formula is C15H18N4O. The van der Waals surface area contributed by atoms with Crippen LogP contribution in [0.25, 0.3) is 5.69 Å². The zero-order valence-electron chi connectivity index (χ0n) is 11.7. The molecule has 1 aromatic heterocycles. The van der Waals surface area contributed by atoms with Crippen LogP contribution in [0.4, 0.5) is 10.5 Å². The van der Waals surface area contributed by atoms with Crippen LogP contribution in [-0.4, -0.2) is 34.3 Å². The molecule has 0 radical (unpaired) electrons. The van der Waals surface area contributed by atoms with E-state index in [1.165, 1.54) is 0 Å². The number of hydrogen-bond acceptors (Lipinski definition) is 2. The van der Waals surface area contributed by atoms with Crippen molar-refractivity contribution in [2.24, 2.45) is 0 Å². The van der Waals surface area contributed by atoms with Crippen LogP contribution in [0, 0.1) is 6.92 Å². The van der Waals surface area contributed by atoms with Crippen LogP contribution in [0.1, 0.15) is 5.69 Å². The van der Waals surface area contributed by atoms with Gasteiger partial charge in [0.2, 0.25) is 0 Å². The van der Waals surface area contributed by atoms with E-state index in [2.05, 4.69) is 17.0 Å². The Morgan fingerprint density at radius 3 is 2.95 bits per heavy atom. The number of rotatable bonds is 4. The third-order valence-corrected chi connectivity index (χ3v) is 2.92. The van der Waals surface area contributed by atoms with Crippen molar-refractivity contribution in [1.29, 1.82) is 0 Å². The molecule has 0 unspecified atom stereocenters. The van der Waals surface area contributed by atoms with E-state index >= 15 is 0 Å². The second kappa shape index (κ2) is 6.06. The normalized spacial score (nSPS) is 10.1. The first kappa shape index (κ1) is 13.9. The van der Waals surface area contributed by atoms with E-state index in [1.807, 2.05) is 41.9 Å². The monoisotopic (exact) mass is 270 g/mol. The number of aromatic nitrogens is 2. The summed E-state index contributed by atoms with van der Waals surface area (Å²) in [5, 5.41) is 7.10. The molecule has 1 heterocycles. The number of likely N-dealkylation sites (N-methyl/N-ethyl adjacent to an activating group) is 1. The van der Waals surface area contributed by atoms with Crippen molar-refractivity contribution in [3.63, 3.8) is 0 Å². The van der Waals surface area contributed by atoms with Crippen molar-refractivity contribution in [3.05, 3.63) is 54.9 Å². The van der Waals surface area contributed by atoms with Crippen LogP contribution in [0.3, 0.4) is 0 Å². The van der Waals surface area contributed by atoms with E-state index in [4.69, 9.17) is 0 Å². The fraction of sp³-hybridized carbons (Fsp3) is 0.200. The number of carbonyl (C=O) groups excluding carboxylic acids is 1. The minimum atomic E-state index is -0.167. The Balaban J connectivity index is 2.17. The standard InChI is InChI=1S/C15H18N4O/c1-4-10-18(3)15(20)17-13-6-5-7-14(11-13)19-12(2)8-9-16-19/h4-9,11H,1,10H2,2-3H3,(H,17,20). The second-order valence-corrected chi connectivity index (χ2v) is 4.53. The van der Waals surface area contributed by atoms with Crippen molar-refractivity contribution in [3.8, 4) is 5.69 Å². The molecule has 0 atom stereocenters. The van der Waals surface area contributed by atoms with Gasteiger partial charge in [-0.05, 0) is 31.2 Å². The molecule has 0 fully saturated rings. The maximum Gasteiger partial charge on any atom is 0.321 e. The molecule has 2 amide bonds. The summed E-state index contributed by atoms with van der Waals surface area (Å²) >= 11 is 0. The highest BCUT2D eigenvalue weighted by Crippen LogP contribution is 2.16. The van der Waals surface area contributed by atoms with E-state index in [-0.39, 0.29) is 6.03 Å². The average Bonchev–Trinajstić information content (AvgIpc) is 2.85. The topological polar surface area (TPSA) is 50.2 Å². The van der Waals surface area contributed by atoms with Gasteiger partial charge in [0.15, 0.2) is 0 Å². The molecule has 104 valence electrons. The number of urea groups is 1. The maximum absolute atomic E-state index is 11.9. The molecule has 5 nitrogen and oxygen atoms in total. The first-order valence-corrected chi connectivity index (χ1v) is 6.36. The van der Waals surface area contributed by atoms with E-state index in [0.717, 1.165) is 17.1 Å². The van der Waals surface area contributed by atoms with Gasteiger partial charge in [0, 0.05) is 31.2 Å². The molecule has 0 saturated heterocycles. The van der Waals surface area contributed by atoms with Crippen LogP contribution in [-0.2, 0) is 0 Å². The Bertz CT molecular complexity index is 618. The summed E-state index contributed by atoms with van der Waals surface area (Å²) in [6.45, 7) is 6.10. The molecule has 0 saturated carbocycles. The molecule has 2 rings (SSSR count). The number of anilines is 1. The summed E-state index contributed by atoms with van der Waals surface area (Å²) in [6, 6.07) is 9.34. The van der Waals surface area contributed by atoms with Crippen molar-refractivity contribution in [2.75, 3.05) is 18.9 Å². The van der Waals surface area contributed by atoms with Crippen LogP contribution in [0.2, 0.25) is 0 Å². The highest BCUT2D eigenvalue weighted by Gasteiger charge is 2.08. The van der Waals surface area contributed by atoms with Gasteiger partial charge in [-0.25, -0.2) is 9.48 Å². The van der Waals surface area contributed by atoms with Gasteiger partial charge >= 0.3 is 6.03 Å². The molecule has 5 heteroatoms. The minimum Gasteiger partial charge on any atom is -0.324 e. The summed E-state index contributed by atoms with van der Waals surface area (Å²) in [6.07, 6.45) is 3.43. The summed E-state index contributed by atoms with van der Waals surface area (Å²) in [4.78, 5) is 13.5. The summed E-state index contributed by atoms with van der Waals surface area (Å²) in [5.74, 6) is 0. The highest BCUT2D eigenvalue weighted by atomic mass is 16.2. The van der Waals surface area contributed by atoms with Gasteiger partial charge in [0.1, 0.15) is 0 Å². The van der Waals surface area contributed by atoms with Crippen LogP contribution in [0.5, 0.6) is 0 Å². The quantitative estimate of drug-likeness (QED) is 0.868. The Kier molecular flexibility index (Phi) is 4.20. The van der Waals surface area contributed by atoms with E-state index < -0.39 is 0 Å². The second-order valence-electron chi connectivity index (χ2n) is 4.53. The molecule has 1 N–H and O–H groups in total. The summed E-state index contributed by atoms with van der Waals surface area (Å²) in [5.41, 5.74) is 2.69. The highest BCUT2D eigenvalue weighted by molar-refractivity contribution is 5.89. The lowest BCUT2D eigenvalue weighted by Gasteiger charge is -2.16. The van der Waals surface area contributed by atoms with Crippen molar-refractivity contribution in [2.45, 2.75) is 6.92 Å². The fourth-order valence-electron chi connectivity index (χ4n) is 1.85. The zero-order chi connectivity index (χ0) is 14.5. The molecule has 0 aliphatic rings. The molecule has 1 aromatic carbocycles. The predicted octanol–water partition coefficient (Wildman–Crippen LogP) is 2.83. The molecule has 2 aromatic rings. The lowest BCUT2D eigenvalue weighted by Crippen LogP contribution is -2.31. The predicted molar refractivity (Wildman–Crippen MR) is 80.1 cm³/mol. The van der Waals surface area contributed by atoms with Crippen LogP contribution in [0.15, 0.2) is 49.2 Å². The van der Waals surface area contributed by atoms with Crippen molar-refractivity contribution < 1.29 is 4.79 Å². The Morgan fingerprint density at radius 2 is 2.30 bits per heavy atom. The molecular weight excluding hydrogens is 252 g/mol. The van der Waals surface area contributed by atoms with Gasteiger partial charge in [-0.2, -0.15) is 5.10 Å². The van der Waals surface area contributed by atoms with Crippen LogP contribution >= 0.6 is 0 Å². The zero-order valence-corrected chi connectivity index (χ0v) is 11.7. The van der Waals surface area contributed by atoms with Gasteiger partial charge < -0.3 is 10.2 Å². The largest absolute Gasteiger partial charge is 0.324 e. The van der Waals surface area contributed by atoms with Gasteiger partial charge in [-0.15, -0.1) is 6.58 Å². The lowest BCUT2D eigenvalue weighted by atomic mass is 10.2. The van der Waals surface area contributed by atoms with Gasteiger partial charge in [0.25, 0.3) is 0 Å². The van der Waals surface area contributed by atoms with Gasteiger partial charge in [-0.1, -0.05) is 12.1 Å². The number of carbonyl (C=O) groups is 1. The molecule has 0 spiro atoms. The van der Waals surface area contributed by atoms with E-state index in [9.17, 15) is 4.79 Å². The minimum absolute atomic E-state index is 0.167. The smallest absolute Gasteiger partial charge is 0.321 e. The van der Waals surface area contributed by atoms with Gasteiger partial charge in [-0.3, -0.25) is 0 Å². The van der Waals surface area contributed by atoms with E-state index in [0.29, 0.717) is 6.54 Å². The first-order valence-electron chi connectivity index (χ1n) is 6.36. The Hall–Kier alpha value is -2.56. The number of benzene rings is 1. The molecule has 0 bridgehead atoms. The summed E-state index contributed by atoms with van der Waals surface area (Å²) < 4.78 is 1.82. The number of hydrogen-bond donors (Lipinski definition) is 1. The van der Waals surface area contributed by atoms with E-state index in [1.54, 1.807) is 24.2 Å². The number of nitrogens with one attached hydrogen (secondary N) is 1. The molecule has 0 aliphatic heterocycles. The summed E-state index contributed by atoms with van der Waals surface area (Å²) in [7, 11) is 1.72. The Labute approximate surface area is 118 Å². The average molecular weight is 270 g/mol. The SMILES string of the molecule is C=CCN(C)C(=O)Nc1cccc(-n2nccc2C)c1. The first-order chi connectivity index (χ1) is 9.61. The molecule has 20 heavy (non-hydrogen) atoms. The van der Waals surface area contributed by atoms with Crippen molar-refractivity contribution >= 4 is 11.7 Å². The molecule has 0 aliphatic carbocycles. The third kappa shape index (κ3) is 3.06. The fourth-order valence-corrected chi connectivity index (χ4v) is 1.85. The van der Waals surface area contributed by atoms with Gasteiger partial charge in [0.05, 0.1) is 5.69 Å². The third-order valence-electron chi connectivity index (χ3n) is 2.92. The maximum atomic E-state index is 11.9. The number of nitrogens with zero attached hydrogens (tertiary/aromatic N) is 3. The number of amides is 2. The van der Waals surface area contributed by atoms with Crippen molar-refractivity contribution in [1.82, 2.24) is 14.7 Å².